The lowest BCUT2D eigenvalue weighted by molar-refractivity contribution is 0.0167. The maximum absolute atomic E-state index is 10.3. The third-order valence-electron chi connectivity index (χ3n) is 3.25. The van der Waals surface area contributed by atoms with Gasteiger partial charge in [0.15, 0.2) is 0 Å². The summed E-state index contributed by atoms with van der Waals surface area (Å²) >= 11 is 2.29. The minimum absolute atomic E-state index is 0.485. The number of hydrogen-bond acceptors (Lipinski definition) is 2. The van der Waals surface area contributed by atoms with Crippen LogP contribution in [0.15, 0.2) is 24.3 Å². The summed E-state index contributed by atoms with van der Waals surface area (Å²) in [6, 6.07) is 8.28. The van der Waals surface area contributed by atoms with Crippen LogP contribution in [0.25, 0.3) is 0 Å². The van der Waals surface area contributed by atoms with Gasteiger partial charge < -0.3 is 10.4 Å². The highest BCUT2D eigenvalue weighted by atomic mass is 127. The normalized spacial score (nSPS) is 19.4. The summed E-state index contributed by atoms with van der Waals surface area (Å²) < 4.78 is 1.24. The van der Waals surface area contributed by atoms with Crippen molar-refractivity contribution in [2.24, 2.45) is 0 Å². The lowest BCUT2D eigenvalue weighted by Gasteiger charge is -2.32. The van der Waals surface area contributed by atoms with E-state index < -0.39 is 5.60 Å². The third kappa shape index (κ3) is 3.35. The van der Waals surface area contributed by atoms with Gasteiger partial charge in [-0.2, -0.15) is 0 Å². The van der Waals surface area contributed by atoms with E-state index in [1.807, 2.05) is 0 Å². The van der Waals surface area contributed by atoms with Crippen LogP contribution in [0.5, 0.6) is 0 Å². The zero-order valence-corrected chi connectivity index (χ0v) is 11.5. The highest BCUT2D eigenvalue weighted by Gasteiger charge is 2.28. The van der Waals surface area contributed by atoms with Crippen LogP contribution in [0.1, 0.15) is 32.1 Å². The molecule has 0 unspecified atom stereocenters. The van der Waals surface area contributed by atoms with E-state index in [1.165, 1.54) is 9.99 Å². The van der Waals surface area contributed by atoms with Gasteiger partial charge in [-0.25, -0.2) is 0 Å². The Labute approximate surface area is 111 Å². The second-order valence-corrected chi connectivity index (χ2v) is 5.89. The average molecular weight is 331 g/mol. The molecular weight excluding hydrogens is 313 g/mol. The summed E-state index contributed by atoms with van der Waals surface area (Å²) in [6.45, 7) is 0.674. The summed E-state index contributed by atoms with van der Waals surface area (Å²) in [5.41, 5.74) is 0.612. The molecule has 88 valence electrons. The Morgan fingerprint density at radius 2 is 1.75 bits per heavy atom. The maximum atomic E-state index is 10.3. The van der Waals surface area contributed by atoms with Gasteiger partial charge in [-0.1, -0.05) is 19.3 Å². The zero-order valence-electron chi connectivity index (χ0n) is 9.38. The first kappa shape index (κ1) is 12.2. The molecular formula is C13H18INO. The van der Waals surface area contributed by atoms with Crippen molar-refractivity contribution in [1.29, 1.82) is 0 Å². The van der Waals surface area contributed by atoms with E-state index in [-0.39, 0.29) is 0 Å². The Morgan fingerprint density at radius 3 is 2.38 bits per heavy atom. The second-order valence-electron chi connectivity index (χ2n) is 4.65. The highest BCUT2D eigenvalue weighted by Crippen LogP contribution is 2.28. The van der Waals surface area contributed by atoms with E-state index in [0.29, 0.717) is 6.54 Å². The highest BCUT2D eigenvalue weighted by molar-refractivity contribution is 14.1. The number of aliphatic hydroxyl groups is 1. The van der Waals surface area contributed by atoms with E-state index in [2.05, 4.69) is 52.2 Å². The van der Waals surface area contributed by atoms with Crippen molar-refractivity contribution >= 4 is 28.3 Å². The molecule has 2 rings (SSSR count). The molecule has 2 N–H and O–H groups in total. The van der Waals surface area contributed by atoms with E-state index in [0.717, 1.165) is 31.4 Å². The summed E-state index contributed by atoms with van der Waals surface area (Å²) in [7, 11) is 0. The minimum atomic E-state index is -0.485. The van der Waals surface area contributed by atoms with E-state index >= 15 is 0 Å². The van der Waals surface area contributed by atoms with Gasteiger partial charge in [0, 0.05) is 15.8 Å². The molecule has 16 heavy (non-hydrogen) atoms. The number of hydrogen-bond donors (Lipinski definition) is 2. The van der Waals surface area contributed by atoms with Crippen molar-refractivity contribution in [3.8, 4) is 0 Å². The Hall–Kier alpha value is -0.290. The Morgan fingerprint density at radius 1 is 1.12 bits per heavy atom. The number of nitrogens with one attached hydrogen (secondary N) is 1. The van der Waals surface area contributed by atoms with Crippen LogP contribution in [-0.2, 0) is 0 Å². The van der Waals surface area contributed by atoms with Crippen molar-refractivity contribution in [2.75, 3.05) is 11.9 Å². The molecule has 0 atom stereocenters. The fourth-order valence-corrected chi connectivity index (χ4v) is 2.58. The largest absolute Gasteiger partial charge is 0.388 e. The molecule has 0 aliphatic heterocycles. The van der Waals surface area contributed by atoms with Gasteiger partial charge in [-0.3, -0.25) is 0 Å². The molecule has 0 heterocycles. The molecule has 1 aromatic carbocycles. The lowest BCUT2D eigenvalue weighted by atomic mass is 9.85. The van der Waals surface area contributed by atoms with Crippen LogP contribution in [-0.4, -0.2) is 17.3 Å². The van der Waals surface area contributed by atoms with Crippen molar-refractivity contribution in [1.82, 2.24) is 0 Å². The number of rotatable bonds is 3. The second kappa shape index (κ2) is 5.36. The first-order chi connectivity index (χ1) is 7.68. The van der Waals surface area contributed by atoms with Crippen LogP contribution >= 0.6 is 22.6 Å². The van der Waals surface area contributed by atoms with E-state index in [1.54, 1.807) is 0 Å². The maximum Gasteiger partial charge on any atom is 0.0819 e. The molecule has 1 aliphatic carbocycles. The molecule has 0 amide bonds. The molecule has 1 aromatic rings. The number of benzene rings is 1. The van der Waals surface area contributed by atoms with E-state index in [4.69, 9.17) is 0 Å². The quantitative estimate of drug-likeness (QED) is 0.832. The summed E-state index contributed by atoms with van der Waals surface area (Å²) in [6.07, 6.45) is 5.45. The minimum Gasteiger partial charge on any atom is -0.388 e. The van der Waals surface area contributed by atoms with Gasteiger partial charge in [0.2, 0.25) is 0 Å². The van der Waals surface area contributed by atoms with Crippen molar-refractivity contribution in [3.05, 3.63) is 27.8 Å². The standard InChI is InChI=1S/C13H18INO/c14-11-4-6-12(7-5-11)15-10-13(16)8-2-1-3-9-13/h4-7,15-16H,1-3,8-10H2. The Balaban J connectivity index is 1.88. The van der Waals surface area contributed by atoms with Gasteiger partial charge in [-0.05, 0) is 59.7 Å². The summed E-state index contributed by atoms with van der Waals surface area (Å²) in [4.78, 5) is 0. The van der Waals surface area contributed by atoms with Gasteiger partial charge in [0.25, 0.3) is 0 Å². The zero-order chi connectivity index (χ0) is 11.4. The summed E-state index contributed by atoms with van der Waals surface area (Å²) in [5.74, 6) is 0. The Bertz CT molecular complexity index is 330. The average Bonchev–Trinajstić information content (AvgIpc) is 2.29. The molecule has 2 nitrogen and oxygen atoms in total. The van der Waals surface area contributed by atoms with Crippen LogP contribution in [0.3, 0.4) is 0 Å². The Kier molecular flexibility index (Phi) is 4.08. The van der Waals surface area contributed by atoms with Gasteiger partial charge in [0.05, 0.1) is 5.60 Å². The van der Waals surface area contributed by atoms with Crippen molar-refractivity contribution in [2.45, 2.75) is 37.7 Å². The molecule has 1 aliphatic rings. The molecule has 0 bridgehead atoms. The predicted molar refractivity (Wildman–Crippen MR) is 75.7 cm³/mol. The van der Waals surface area contributed by atoms with Crippen molar-refractivity contribution in [3.63, 3.8) is 0 Å². The molecule has 0 aromatic heterocycles. The van der Waals surface area contributed by atoms with Crippen LogP contribution in [0.4, 0.5) is 5.69 Å². The molecule has 0 saturated heterocycles. The SMILES string of the molecule is OC1(CNc2ccc(I)cc2)CCCCC1. The van der Waals surface area contributed by atoms with E-state index in [9.17, 15) is 5.11 Å². The first-order valence-electron chi connectivity index (χ1n) is 5.90. The third-order valence-corrected chi connectivity index (χ3v) is 3.97. The monoisotopic (exact) mass is 331 g/mol. The fraction of sp³-hybridized carbons (Fsp3) is 0.538. The number of anilines is 1. The smallest absolute Gasteiger partial charge is 0.0819 e. The topological polar surface area (TPSA) is 32.3 Å². The van der Waals surface area contributed by atoms with Crippen molar-refractivity contribution < 1.29 is 5.11 Å². The number of halogens is 1. The van der Waals surface area contributed by atoms with Crippen LogP contribution in [0, 0.1) is 3.57 Å². The summed E-state index contributed by atoms with van der Waals surface area (Å²) in [5, 5.41) is 13.7. The van der Waals surface area contributed by atoms with Gasteiger partial charge in [0.1, 0.15) is 0 Å². The first-order valence-corrected chi connectivity index (χ1v) is 6.98. The molecule has 3 heteroatoms. The van der Waals surface area contributed by atoms with Gasteiger partial charge >= 0.3 is 0 Å². The molecule has 0 radical (unpaired) electrons. The molecule has 0 spiro atoms. The molecule has 1 fully saturated rings. The lowest BCUT2D eigenvalue weighted by Crippen LogP contribution is -2.38. The molecule has 1 saturated carbocycles. The fourth-order valence-electron chi connectivity index (χ4n) is 2.22. The van der Waals surface area contributed by atoms with Gasteiger partial charge in [-0.15, -0.1) is 0 Å². The predicted octanol–water partition coefficient (Wildman–Crippen LogP) is 3.40. The van der Waals surface area contributed by atoms with Crippen LogP contribution < -0.4 is 5.32 Å². The van der Waals surface area contributed by atoms with Crippen LogP contribution in [0.2, 0.25) is 0 Å².